The normalized spacial score (nSPS) is 31.2. The maximum Gasteiger partial charge on any atom is 0.313 e. The number of hydrogen-bond acceptors (Lipinski definition) is 7. The molecule has 6 rings (SSSR count). The van der Waals surface area contributed by atoms with E-state index in [0.717, 1.165) is 16.8 Å². The summed E-state index contributed by atoms with van der Waals surface area (Å²) in [7, 11) is 0. The van der Waals surface area contributed by atoms with Crippen molar-refractivity contribution in [3.8, 4) is 0 Å². The molecule has 0 saturated carbocycles. The molecule has 10 nitrogen and oxygen atoms in total. The molecule has 4 aliphatic heterocycles. The minimum Gasteiger partial charge on any atom is -0.455 e. The Hall–Kier alpha value is -4.28. The van der Waals surface area contributed by atoms with Crippen molar-refractivity contribution in [2.75, 3.05) is 24.6 Å². The lowest BCUT2D eigenvalue weighted by atomic mass is 9.74. The molecule has 7 atom stereocenters. The number of unbranched alkanes of at least 4 members (excludes halogenated alkanes) is 2. The summed E-state index contributed by atoms with van der Waals surface area (Å²) < 4.78 is 12.8. The Bertz CT molecular complexity index is 1590. The fraction of sp³-hybridized carbons (Fsp3) is 0.474. The molecule has 4 aliphatic rings. The molecule has 4 heterocycles. The first-order valence-corrected chi connectivity index (χ1v) is 17.0. The van der Waals surface area contributed by atoms with Gasteiger partial charge in [0, 0.05) is 31.8 Å². The van der Waals surface area contributed by atoms with Crippen molar-refractivity contribution < 1.29 is 33.8 Å². The van der Waals surface area contributed by atoms with Crippen LogP contribution in [0.2, 0.25) is 0 Å². The first-order valence-electron chi connectivity index (χ1n) is 17.0. The molecule has 48 heavy (non-hydrogen) atoms. The number of aliphatic hydroxyl groups excluding tert-OH is 1. The summed E-state index contributed by atoms with van der Waals surface area (Å²) in [6.45, 7) is 6.25. The van der Waals surface area contributed by atoms with Crippen LogP contribution < -0.4 is 10.2 Å². The lowest BCUT2D eigenvalue weighted by molar-refractivity contribution is -0.161. The highest BCUT2D eigenvalue weighted by Gasteiger charge is 2.73. The van der Waals surface area contributed by atoms with Crippen LogP contribution in [0.5, 0.6) is 0 Å². The van der Waals surface area contributed by atoms with Crippen molar-refractivity contribution in [3.63, 3.8) is 0 Å². The van der Waals surface area contributed by atoms with E-state index in [1.165, 1.54) is 0 Å². The number of anilines is 1. The third kappa shape index (κ3) is 6.07. The van der Waals surface area contributed by atoms with E-state index in [0.29, 0.717) is 31.2 Å². The maximum atomic E-state index is 15.0. The summed E-state index contributed by atoms with van der Waals surface area (Å²) in [5.41, 5.74) is 1.93. The van der Waals surface area contributed by atoms with Crippen LogP contribution in [0.25, 0.3) is 0 Å². The average Bonchev–Trinajstić information content (AvgIpc) is 3.71. The van der Waals surface area contributed by atoms with Crippen molar-refractivity contribution in [2.45, 2.75) is 82.8 Å². The molecule has 0 aromatic heterocycles. The number of carbonyl (C=O) groups excluding carboxylic acids is 4. The van der Waals surface area contributed by atoms with Crippen molar-refractivity contribution in [3.05, 3.63) is 89.5 Å². The topological polar surface area (TPSA) is 125 Å². The van der Waals surface area contributed by atoms with Crippen LogP contribution in [0.3, 0.4) is 0 Å². The molecule has 2 fully saturated rings. The molecule has 254 valence electrons. The number of amides is 3. The quantitative estimate of drug-likeness (QED) is 0.262. The second-order valence-electron chi connectivity index (χ2n) is 13.3. The fourth-order valence-corrected chi connectivity index (χ4v) is 7.92. The molecular weight excluding hydrogens is 610 g/mol. The van der Waals surface area contributed by atoms with E-state index in [1.54, 1.807) is 22.8 Å². The molecule has 2 saturated heterocycles. The van der Waals surface area contributed by atoms with Crippen molar-refractivity contribution in [1.82, 2.24) is 10.2 Å². The van der Waals surface area contributed by atoms with Gasteiger partial charge in [0.15, 0.2) is 0 Å². The number of aliphatic hydroxyl groups is 1. The van der Waals surface area contributed by atoms with Crippen LogP contribution in [0.15, 0.2) is 72.8 Å². The Balaban J connectivity index is 1.45. The number of fused-ring (bicyclic) bond motifs is 2. The molecule has 5 bridgehead atoms. The smallest absolute Gasteiger partial charge is 0.313 e. The minimum atomic E-state index is -1.35. The third-order valence-corrected chi connectivity index (χ3v) is 10.1. The van der Waals surface area contributed by atoms with Gasteiger partial charge in [-0.15, -0.1) is 0 Å². The first kappa shape index (κ1) is 33.6. The molecule has 2 aromatic rings. The number of para-hydroxylation sites is 1. The predicted octanol–water partition coefficient (Wildman–Crippen LogP) is 4.09. The average molecular weight is 656 g/mol. The van der Waals surface area contributed by atoms with Gasteiger partial charge >= 0.3 is 5.97 Å². The van der Waals surface area contributed by atoms with Crippen LogP contribution in [0, 0.1) is 25.7 Å². The molecule has 0 unspecified atom stereocenters. The number of ether oxygens (including phenoxy) is 2. The zero-order valence-electron chi connectivity index (χ0n) is 27.8. The number of hydrogen-bond donors (Lipinski definition) is 2. The van der Waals surface area contributed by atoms with Crippen LogP contribution in [0.1, 0.15) is 61.8 Å². The zero-order valence-corrected chi connectivity index (χ0v) is 27.8. The van der Waals surface area contributed by atoms with E-state index in [1.807, 2.05) is 80.6 Å². The van der Waals surface area contributed by atoms with Crippen molar-refractivity contribution in [2.24, 2.45) is 11.8 Å². The van der Waals surface area contributed by atoms with E-state index in [9.17, 15) is 19.5 Å². The van der Waals surface area contributed by atoms with E-state index in [2.05, 4.69) is 5.32 Å². The predicted molar refractivity (Wildman–Crippen MR) is 180 cm³/mol. The van der Waals surface area contributed by atoms with E-state index < -0.39 is 47.7 Å². The van der Waals surface area contributed by atoms with Crippen molar-refractivity contribution in [1.29, 1.82) is 0 Å². The third-order valence-electron chi connectivity index (χ3n) is 10.1. The zero-order chi connectivity index (χ0) is 34.0. The second-order valence-corrected chi connectivity index (χ2v) is 13.3. The van der Waals surface area contributed by atoms with Gasteiger partial charge in [0.25, 0.3) is 5.91 Å². The number of nitrogens with zero attached hydrogens (tertiary/aromatic N) is 2. The number of rotatable bonds is 7. The fourth-order valence-electron chi connectivity index (χ4n) is 7.92. The number of aryl methyl sites for hydroxylation is 2. The number of benzene rings is 2. The summed E-state index contributed by atoms with van der Waals surface area (Å²) in [5, 5.41) is 12.4. The lowest BCUT2D eigenvalue weighted by Gasteiger charge is -2.36. The molecule has 2 N–H and O–H groups in total. The van der Waals surface area contributed by atoms with Gasteiger partial charge in [-0.05, 0) is 63.1 Å². The highest BCUT2D eigenvalue weighted by molar-refractivity contribution is 6.06. The van der Waals surface area contributed by atoms with E-state index in [-0.39, 0.29) is 43.8 Å². The number of nitrogens with one attached hydrogen (secondary N) is 1. The van der Waals surface area contributed by atoms with E-state index in [4.69, 9.17) is 9.47 Å². The highest BCUT2D eigenvalue weighted by Crippen LogP contribution is 2.56. The van der Waals surface area contributed by atoms with Gasteiger partial charge in [0.1, 0.15) is 23.7 Å². The largest absolute Gasteiger partial charge is 0.455 e. The molecule has 0 radical (unpaired) electrons. The van der Waals surface area contributed by atoms with Gasteiger partial charge < -0.3 is 29.7 Å². The number of likely N-dealkylation sites (tertiary alicyclic amines) is 1. The molecule has 0 aliphatic carbocycles. The van der Waals surface area contributed by atoms with Crippen molar-refractivity contribution >= 4 is 29.4 Å². The molecular formula is C38H45N3O7. The maximum absolute atomic E-state index is 15.0. The number of carbonyl (C=O) groups is 4. The summed E-state index contributed by atoms with van der Waals surface area (Å²) in [5.74, 6) is -3.34. The Labute approximate surface area is 281 Å². The highest BCUT2D eigenvalue weighted by atomic mass is 16.6. The Morgan fingerprint density at radius 1 is 0.938 bits per heavy atom. The van der Waals surface area contributed by atoms with E-state index >= 15 is 4.79 Å². The molecule has 1 spiro atoms. The lowest BCUT2D eigenvalue weighted by Crippen LogP contribution is -2.56. The molecule has 3 amide bonds. The van der Waals surface area contributed by atoms with Crippen LogP contribution in [-0.4, -0.2) is 77.2 Å². The van der Waals surface area contributed by atoms with Crippen LogP contribution in [0.4, 0.5) is 5.69 Å². The Morgan fingerprint density at radius 3 is 2.42 bits per heavy atom. The van der Waals surface area contributed by atoms with Crippen LogP contribution >= 0.6 is 0 Å². The molecule has 10 heteroatoms. The summed E-state index contributed by atoms with van der Waals surface area (Å²) in [6.07, 6.45) is 8.33. The number of cyclic esters (lactones) is 1. The Kier molecular flexibility index (Phi) is 9.85. The monoisotopic (exact) mass is 655 g/mol. The summed E-state index contributed by atoms with van der Waals surface area (Å²) in [4.78, 5) is 60.2. The standard InChI is InChI=1S/C38H45N3O7/c1-24-14-13-15-25(2)32(24)40-21-10-5-9-18-29(43)39-26(3)33(27-16-7-4-8-17-27)47-37(46)30-28-19-20-38(48-28)31(30)35(44)41(34(38)36(40)45)22-11-6-12-23-42/h4-5,7-8,10,13-17,19-20,26,28,30-31,33-34,42H,6,9,11-12,18,21-23H2,1-3H3,(H,39,43)/b10-5-/t26-,28+,30-,31-,33+,34+,38-/m0/s1. The summed E-state index contributed by atoms with van der Waals surface area (Å²) >= 11 is 0. The SMILES string of the molecule is Cc1cccc(C)c1N1C/C=C\CCC(=O)N[C@@H](C)[C@H](c2ccccc2)OC(=O)[C@@H]2[C@H]3C(=O)N(CCCCCO)[C@H](C1=O)[C@]31C=C[C@H]2O1. The summed E-state index contributed by atoms with van der Waals surface area (Å²) in [6, 6.07) is 13.5. The minimum absolute atomic E-state index is 0.0401. The van der Waals surface area contributed by atoms with Gasteiger partial charge in [-0.2, -0.15) is 0 Å². The van der Waals surface area contributed by atoms with Crippen LogP contribution in [-0.2, 0) is 28.7 Å². The Morgan fingerprint density at radius 2 is 1.69 bits per heavy atom. The molecule has 2 aromatic carbocycles. The number of esters is 1. The van der Waals surface area contributed by atoms with Gasteiger partial charge in [0.05, 0.1) is 18.1 Å². The second kappa shape index (κ2) is 14.1. The van der Waals surface area contributed by atoms with Gasteiger partial charge in [-0.3, -0.25) is 19.2 Å². The van der Waals surface area contributed by atoms with Gasteiger partial charge in [-0.25, -0.2) is 0 Å². The number of allylic oxidation sites excluding steroid dienone is 1. The van der Waals surface area contributed by atoms with Gasteiger partial charge in [0.2, 0.25) is 11.8 Å². The first-order chi connectivity index (χ1) is 23.2. The van der Waals surface area contributed by atoms with Gasteiger partial charge in [-0.1, -0.05) is 72.8 Å².